The van der Waals surface area contributed by atoms with Crippen LogP contribution >= 0.6 is 22.6 Å². The van der Waals surface area contributed by atoms with E-state index in [2.05, 4.69) is 6.07 Å². The summed E-state index contributed by atoms with van der Waals surface area (Å²) in [5, 5.41) is 8.91. The van der Waals surface area contributed by atoms with Gasteiger partial charge in [0.1, 0.15) is 5.82 Å². The number of benzene rings is 1. The fraction of sp³-hybridized carbons (Fsp3) is 0.385. The Morgan fingerprint density at radius 3 is 3.00 bits per heavy atom. The number of rotatable bonds is 1. The van der Waals surface area contributed by atoms with Crippen LogP contribution in [0.4, 0.5) is 4.39 Å². The Kier molecular flexibility index (Phi) is 4.17. The molecule has 1 unspecified atom stereocenters. The zero-order valence-electron chi connectivity index (χ0n) is 9.70. The molecule has 18 heavy (non-hydrogen) atoms. The molecule has 3 nitrogen and oxygen atoms in total. The normalized spacial score (nSPS) is 19.4. The standard InChI is InChI=1S/C13H12FIN2O/c14-10-3-4-11(12(15)6-10)13(18)17-5-1-2-9(7-16)8-17/h3-4,6,9H,1-2,5,8H2. The fourth-order valence-corrected chi connectivity index (χ4v) is 2.81. The smallest absolute Gasteiger partial charge is 0.254 e. The van der Waals surface area contributed by atoms with Gasteiger partial charge in [-0.3, -0.25) is 4.79 Å². The molecule has 1 saturated heterocycles. The summed E-state index contributed by atoms with van der Waals surface area (Å²) in [6.45, 7) is 1.15. The molecule has 0 aliphatic carbocycles. The van der Waals surface area contributed by atoms with Gasteiger partial charge in [-0.05, 0) is 53.6 Å². The van der Waals surface area contributed by atoms with Crippen LogP contribution in [0.1, 0.15) is 23.2 Å². The van der Waals surface area contributed by atoms with Gasteiger partial charge in [0.2, 0.25) is 0 Å². The van der Waals surface area contributed by atoms with E-state index in [1.165, 1.54) is 18.2 Å². The van der Waals surface area contributed by atoms with Gasteiger partial charge in [-0.1, -0.05) is 0 Å². The fourth-order valence-electron chi connectivity index (χ4n) is 2.10. The van der Waals surface area contributed by atoms with Crippen molar-refractivity contribution < 1.29 is 9.18 Å². The van der Waals surface area contributed by atoms with Gasteiger partial charge >= 0.3 is 0 Å². The third-order valence-electron chi connectivity index (χ3n) is 3.05. The van der Waals surface area contributed by atoms with Crippen LogP contribution in [0, 0.1) is 26.6 Å². The number of nitrogens with zero attached hydrogens (tertiary/aromatic N) is 2. The van der Waals surface area contributed by atoms with Gasteiger partial charge in [0.25, 0.3) is 5.91 Å². The molecular formula is C13H12FIN2O. The van der Waals surface area contributed by atoms with Gasteiger partial charge in [-0.25, -0.2) is 4.39 Å². The predicted octanol–water partition coefficient (Wildman–Crippen LogP) is 2.81. The number of carbonyl (C=O) groups is 1. The van der Waals surface area contributed by atoms with Crippen molar-refractivity contribution >= 4 is 28.5 Å². The molecule has 1 atom stereocenters. The van der Waals surface area contributed by atoms with E-state index in [-0.39, 0.29) is 17.6 Å². The van der Waals surface area contributed by atoms with E-state index >= 15 is 0 Å². The topological polar surface area (TPSA) is 44.1 Å². The second-order valence-corrected chi connectivity index (χ2v) is 5.51. The highest BCUT2D eigenvalue weighted by atomic mass is 127. The van der Waals surface area contributed by atoms with E-state index < -0.39 is 0 Å². The third kappa shape index (κ3) is 2.80. The third-order valence-corrected chi connectivity index (χ3v) is 3.95. The molecule has 0 aromatic heterocycles. The minimum atomic E-state index is -0.343. The maximum atomic E-state index is 13.0. The maximum absolute atomic E-state index is 13.0. The van der Waals surface area contributed by atoms with Crippen molar-refractivity contribution in [2.75, 3.05) is 13.1 Å². The molecular weight excluding hydrogens is 346 g/mol. The lowest BCUT2D eigenvalue weighted by atomic mass is 9.99. The van der Waals surface area contributed by atoms with Crippen molar-refractivity contribution in [3.05, 3.63) is 33.1 Å². The molecule has 0 spiro atoms. The molecule has 1 aromatic carbocycles. The summed E-state index contributed by atoms with van der Waals surface area (Å²) in [5.41, 5.74) is 0.510. The molecule has 0 bridgehead atoms. The summed E-state index contributed by atoms with van der Waals surface area (Å²) in [6, 6.07) is 6.36. The monoisotopic (exact) mass is 358 g/mol. The Balaban J connectivity index is 2.18. The highest BCUT2D eigenvalue weighted by Crippen LogP contribution is 2.21. The molecule has 1 aliphatic rings. The summed E-state index contributed by atoms with van der Waals surface area (Å²) in [4.78, 5) is 14.0. The van der Waals surface area contributed by atoms with E-state index in [9.17, 15) is 9.18 Å². The lowest BCUT2D eigenvalue weighted by Gasteiger charge is -2.29. The van der Waals surface area contributed by atoms with Gasteiger partial charge in [0.15, 0.2) is 0 Å². The first kappa shape index (κ1) is 13.3. The Labute approximate surface area is 119 Å². The molecule has 1 aromatic rings. The van der Waals surface area contributed by atoms with Crippen molar-refractivity contribution in [1.29, 1.82) is 5.26 Å². The molecule has 0 radical (unpaired) electrons. The Hall–Kier alpha value is -1.16. The lowest BCUT2D eigenvalue weighted by Crippen LogP contribution is -2.39. The number of likely N-dealkylation sites (tertiary alicyclic amines) is 1. The van der Waals surface area contributed by atoms with Crippen molar-refractivity contribution in [1.82, 2.24) is 4.90 Å². The van der Waals surface area contributed by atoms with Crippen LogP contribution < -0.4 is 0 Å². The molecule has 94 valence electrons. The van der Waals surface area contributed by atoms with Crippen molar-refractivity contribution in [2.24, 2.45) is 5.92 Å². The highest BCUT2D eigenvalue weighted by Gasteiger charge is 2.25. The number of amides is 1. The second-order valence-electron chi connectivity index (χ2n) is 4.34. The van der Waals surface area contributed by atoms with Gasteiger partial charge in [0, 0.05) is 16.7 Å². The first-order valence-electron chi connectivity index (χ1n) is 5.75. The number of hydrogen-bond acceptors (Lipinski definition) is 2. The average Bonchev–Trinajstić information content (AvgIpc) is 2.38. The van der Waals surface area contributed by atoms with Crippen LogP contribution in [0.5, 0.6) is 0 Å². The molecule has 0 saturated carbocycles. The van der Waals surface area contributed by atoms with E-state index in [1.54, 1.807) is 4.90 Å². The largest absolute Gasteiger partial charge is 0.337 e. The minimum Gasteiger partial charge on any atom is -0.337 e. The van der Waals surface area contributed by atoms with Gasteiger partial charge < -0.3 is 4.90 Å². The molecule has 2 rings (SSSR count). The predicted molar refractivity (Wildman–Crippen MR) is 73.4 cm³/mol. The molecule has 0 N–H and O–H groups in total. The molecule has 1 fully saturated rings. The highest BCUT2D eigenvalue weighted by molar-refractivity contribution is 14.1. The van der Waals surface area contributed by atoms with Crippen LogP contribution in [-0.4, -0.2) is 23.9 Å². The van der Waals surface area contributed by atoms with Crippen LogP contribution in [0.2, 0.25) is 0 Å². The average molecular weight is 358 g/mol. The quantitative estimate of drug-likeness (QED) is 0.725. The number of hydrogen-bond donors (Lipinski definition) is 0. The van der Waals surface area contributed by atoms with Crippen LogP contribution in [0.15, 0.2) is 18.2 Å². The first-order valence-corrected chi connectivity index (χ1v) is 6.83. The van der Waals surface area contributed by atoms with Crippen molar-refractivity contribution in [3.63, 3.8) is 0 Å². The van der Waals surface area contributed by atoms with Crippen LogP contribution in [-0.2, 0) is 0 Å². The van der Waals surface area contributed by atoms with Gasteiger partial charge in [-0.2, -0.15) is 5.26 Å². The summed E-state index contributed by atoms with van der Waals surface area (Å²) in [5.74, 6) is -0.537. The Morgan fingerprint density at radius 2 is 2.33 bits per heavy atom. The zero-order valence-corrected chi connectivity index (χ0v) is 11.9. The van der Waals surface area contributed by atoms with E-state index in [0.29, 0.717) is 22.2 Å². The lowest BCUT2D eigenvalue weighted by molar-refractivity contribution is 0.0697. The van der Waals surface area contributed by atoms with Gasteiger partial charge in [0.05, 0.1) is 17.6 Å². The second kappa shape index (κ2) is 5.65. The summed E-state index contributed by atoms with van der Waals surface area (Å²) in [6.07, 6.45) is 1.70. The van der Waals surface area contributed by atoms with Crippen molar-refractivity contribution in [2.45, 2.75) is 12.8 Å². The van der Waals surface area contributed by atoms with E-state index in [0.717, 1.165) is 12.8 Å². The maximum Gasteiger partial charge on any atom is 0.254 e. The molecule has 1 aliphatic heterocycles. The van der Waals surface area contributed by atoms with Gasteiger partial charge in [-0.15, -0.1) is 0 Å². The Morgan fingerprint density at radius 1 is 1.56 bits per heavy atom. The zero-order chi connectivity index (χ0) is 13.1. The summed E-state index contributed by atoms with van der Waals surface area (Å²) >= 11 is 1.96. The SMILES string of the molecule is N#CC1CCCN(C(=O)c2ccc(F)cc2I)C1. The van der Waals surface area contributed by atoms with E-state index in [4.69, 9.17) is 5.26 Å². The molecule has 1 heterocycles. The number of carbonyl (C=O) groups excluding carboxylic acids is 1. The van der Waals surface area contributed by atoms with Crippen LogP contribution in [0.3, 0.4) is 0 Å². The summed E-state index contributed by atoms with van der Waals surface area (Å²) < 4.78 is 13.6. The number of nitriles is 1. The first-order chi connectivity index (χ1) is 8.61. The summed E-state index contributed by atoms with van der Waals surface area (Å²) in [7, 11) is 0. The Bertz CT molecular complexity index is 512. The van der Waals surface area contributed by atoms with E-state index in [1.807, 2.05) is 22.6 Å². The molecule has 5 heteroatoms. The minimum absolute atomic E-state index is 0.0826. The van der Waals surface area contributed by atoms with Crippen molar-refractivity contribution in [3.8, 4) is 6.07 Å². The number of piperidine rings is 1. The van der Waals surface area contributed by atoms with Crippen LogP contribution in [0.25, 0.3) is 0 Å². The molecule has 1 amide bonds. The number of halogens is 2.